The molecule has 2 aromatic carbocycles. The number of aliphatic carboxylic acids is 1. The summed E-state index contributed by atoms with van der Waals surface area (Å²) in [4.78, 5) is 37.5. The van der Waals surface area contributed by atoms with Gasteiger partial charge in [0, 0.05) is 0 Å². The van der Waals surface area contributed by atoms with Gasteiger partial charge in [-0.15, -0.1) is 0 Å². The Kier molecular flexibility index (Phi) is 6.96. The number of imide groups is 1. The van der Waals surface area contributed by atoms with E-state index in [1.54, 1.807) is 32.0 Å². The summed E-state index contributed by atoms with van der Waals surface area (Å²) in [5.41, 5.74) is 0.856. The molecule has 3 rings (SSSR count). The van der Waals surface area contributed by atoms with E-state index >= 15 is 0 Å². The van der Waals surface area contributed by atoms with Crippen LogP contribution >= 0.6 is 11.8 Å². The van der Waals surface area contributed by atoms with Crippen LogP contribution in [0.25, 0.3) is 6.08 Å². The predicted molar refractivity (Wildman–Crippen MR) is 115 cm³/mol. The van der Waals surface area contributed by atoms with Crippen molar-refractivity contribution < 1.29 is 33.4 Å². The lowest BCUT2D eigenvalue weighted by Gasteiger charge is -2.17. The highest BCUT2D eigenvalue weighted by Gasteiger charge is 2.36. The van der Waals surface area contributed by atoms with Crippen molar-refractivity contribution in [2.45, 2.75) is 26.4 Å². The molecule has 2 aromatic rings. The Labute approximate surface area is 182 Å². The van der Waals surface area contributed by atoms with Gasteiger partial charge in [0.05, 0.1) is 17.2 Å². The third-order valence-corrected chi connectivity index (χ3v) is 5.23. The van der Waals surface area contributed by atoms with E-state index < -0.39 is 29.0 Å². The van der Waals surface area contributed by atoms with Crippen LogP contribution < -0.4 is 14.4 Å². The number of hydrogen-bond donors (Lipinski definition) is 1. The summed E-state index contributed by atoms with van der Waals surface area (Å²) in [7, 11) is 0. The number of halogens is 1. The van der Waals surface area contributed by atoms with E-state index in [2.05, 4.69) is 0 Å². The first-order valence-corrected chi connectivity index (χ1v) is 10.4. The van der Waals surface area contributed by atoms with Gasteiger partial charge >= 0.3 is 5.97 Å². The smallest absolute Gasteiger partial charge is 0.344 e. The first-order chi connectivity index (χ1) is 14.8. The third kappa shape index (κ3) is 5.05. The molecular weight excluding hydrogens is 425 g/mol. The standard InChI is InChI=1S/C22H20FNO6S/c1-3-16(21(26)27)30-17-10-5-13(11-18(17)29-4-2)12-19-20(25)24(22(28)31-19)15-8-6-14(23)7-9-15/h5-12,16H,3-4H2,1-2H3,(H,26,27)/b19-12+. The fourth-order valence-corrected chi connectivity index (χ4v) is 3.71. The molecule has 7 nitrogen and oxygen atoms in total. The fraction of sp³-hybridized carbons (Fsp3) is 0.227. The van der Waals surface area contributed by atoms with E-state index in [1.807, 2.05) is 0 Å². The molecule has 0 bridgehead atoms. The SMILES string of the molecule is CCOc1cc(/C=C2/SC(=O)N(c3ccc(F)cc3)C2=O)ccc1OC(CC)C(=O)O. The number of rotatable bonds is 8. The minimum Gasteiger partial charge on any atom is -0.490 e. The van der Waals surface area contributed by atoms with Crippen LogP contribution in [0.2, 0.25) is 0 Å². The lowest BCUT2D eigenvalue weighted by molar-refractivity contribution is -0.145. The van der Waals surface area contributed by atoms with Crippen molar-refractivity contribution >= 4 is 40.6 Å². The van der Waals surface area contributed by atoms with Crippen molar-refractivity contribution in [3.63, 3.8) is 0 Å². The molecule has 31 heavy (non-hydrogen) atoms. The van der Waals surface area contributed by atoms with Crippen LogP contribution in [-0.4, -0.2) is 34.9 Å². The van der Waals surface area contributed by atoms with Gasteiger partial charge in [-0.05, 0) is 73.1 Å². The number of carboxylic acid groups (broad SMARTS) is 1. The number of ether oxygens (including phenoxy) is 2. The topological polar surface area (TPSA) is 93.1 Å². The first-order valence-electron chi connectivity index (χ1n) is 9.53. The van der Waals surface area contributed by atoms with Crippen molar-refractivity contribution in [1.82, 2.24) is 0 Å². The molecule has 1 aliphatic heterocycles. The van der Waals surface area contributed by atoms with Gasteiger partial charge in [-0.25, -0.2) is 14.1 Å². The Bertz CT molecular complexity index is 1040. The maximum atomic E-state index is 13.2. The summed E-state index contributed by atoms with van der Waals surface area (Å²) >= 11 is 0.772. The number of carboxylic acids is 1. The molecule has 1 atom stereocenters. The zero-order chi connectivity index (χ0) is 22.5. The van der Waals surface area contributed by atoms with E-state index in [1.165, 1.54) is 30.3 Å². The molecule has 0 aliphatic carbocycles. The largest absolute Gasteiger partial charge is 0.490 e. The van der Waals surface area contributed by atoms with E-state index in [0.717, 1.165) is 16.7 Å². The Hall–Kier alpha value is -3.33. The van der Waals surface area contributed by atoms with Crippen molar-refractivity contribution in [3.8, 4) is 11.5 Å². The molecule has 1 heterocycles. The van der Waals surface area contributed by atoms with Crippen LogP contribution in [0.4, 0.5) is 14.9 Å². The number of benzene rings is 2. The van der Waals surface area contributed by atoms with E-state index in [0.29, 0.717) is 17.9 Å². The molecule has 0 spiro atoms. The van der Waals surface area contributed by atoms with Crippen LogP contribution in [-0.2, 0) is 9.59 Å². The third-order valence-electron chi connectivity index (χ3n) is 4.36. The average Bonchev–Trinajstić information content (AvgIpc) is 3.01. The maximum absolute atomic E-state index is 13.2. The second-order valence-electron chi connectivity index (χ2n) is 6.49. The quantitative estimate of drug-likeness (QED) is 0.588. The molecule has 0 saturated carbocycles. The van der Waals surface area contributed by atoms with Crippen molar-refractivity contribution in [2.24, 2.45) is 0 Å². The second-order valence-corrected chi connectivity index (χ2v) is 7.48. The Morgan fingerprint density at radius 3 is 2.48 bits per heavy atom. The number of nitrogens with zero attached hydrogens (tertiary/aromatic N) is 1. The zero-order valence-electron chi connectivity index (χ0n) is 16.8. The number of hydrogen-bond acceptors (Lipinski definition) is 6. The molecule has 9 heteroatoms. The number of thioether (sulfide) groups is 1. The molecule has 1 fully saturated rings. The van der Waals surface area contributed by atoms with Gasteiger partial charge in [-0.3, -0.25) is 9.59 Å². The van der Waals surface area contributed by atoms with Crippen LogP contribution in [0, 0.1) is 5.82 Å². The summed E-state index contributed by atoms with van der Waals surface area (Å²) < 4.78 is 24.3. The molecule has 1 saturated heterocycles. The average molecular weight is 445 g/mol. The Morgan fingerprint density at radius 1 is 1.16 bits per heavy atom. The highest BCUT2D eigenvalue weighted by Crippen LogP contribution is 2.37. The lowest BCUT2D eigenvalue weighted by Crippen LogP contribution is -2.27. The normalized spacial score (nSPS) is 16.0. The summed E-state index contributed by atoms with van der Waals surface area (Å²) in [6, 6.07) is 9.89. The zero-order valence-corrected chi connectivity index (χ0v) is 17.6. The van der Waals surface area contributed by atoms with E-state index in [4.69, 9.17) is 9.47 Å². The fourth-order valence-electron chi connectivity index (χ4n) is 2.87. The highest BCUT2D eigenvalue weighted by atomic mass is 32.2. The van der Waals surface area contributed by atoms with Crippen LogP contribution in [0.5, 0.6) is 11.5 Å². The summed E-state index contributed by atoms with van der Waals surface area (Å²) in [5, 5.41) is 8.73. The highest BCUT2D eigenvalue weighted by molar-refractivity contribution is 8.19. The predicted octanol–water partition coefficient (Wildman–Crippen LogP) is 4.71. The van der Waals surface area contributed by atoms with Gasteiger partial charge < -0.3 is 14.6 Å². The molecule has 162 valence electrons. The van der Waals surface area contributed by atoms with Gasteiger partial charge in [0.2, 0.25) is 0 Å². The summed E-state index contributed by atoms with van der Waals surface area (Å²) in [6.07, 6.45) is 0.797. The van der Waals surface area contributed by atoms with Crippen molar-refractivity contribution in [3.05, 3.63) is 58.8 Å². The number of carbonyl (C=O) groups excluding carboxylic acids is 2. The maximum Gasteiger partial charge on any atom is 0.344 e. The number of anilines is 1. The number of amides is 2. The Balaban J connectivity index is 1.88. The molecular formula is C22H20FNO6S. The second kappa shape index (κ2) is 9.65. The van der Waals surface area contributed by atoms with Gasteiger partial charge in [0.1, 0.15) is 5.82 Å². The Morgan fingerprint density at radius 2 is 1.87 bits per heavy atom. The summed E-state index contributed by atoms with van der Waals surface area (Å²) in [6.45, 7) is 3.80. The molecule has 1 N–H and O–H groups in total. The monoisotopic (exact) mass is 445 g/mol. The van der Waals surface area contributed by atoms with Crippen molar-refractivity contribution in [2.75, 3.05) is 11.5 Å². The van der Waals surface area contributed by atoms with E-state index in [-0.39, 0.29) is 22.8 Å². The minimum atomic E-state index is -1.08. The minimum absolute atomic E-state index is 0.197. The summed E-state index contributed by atoms with van der Waals surface area (Å²) in [5.74, 6) is -1.47. The molecule has 2 amide bonds. The molecule has 0 aromatic heterocycles. The first kappa shape index (κ1) is 22.4. The van der Waals surface area contributed by atoms with Crippen molar-refractivity contribution in [1.29, 1.82) is 0 Å². The van der Waals surface area contributed by atoms with Gasteiger partial charge in [-0.1, -0.05) is 13.0 Å². The van der Waals surface area contributed by atoms with Crippen LogP contribution in [0.15, 0.2) is 47.4 Å². The van der Waals surface area contributed by atoms with Gasteiger partial charge in [0.25, 0.3) is 11.1 Å². The molecule has 0 radical (unpaired) electrons. The molecule has 1 unspecified atom stereocenters. The van der Waals surface area contributed by atoms with Gasteiger partial charge in [0.15, 0.2) is 17.6 Å². The number of carbonyl (C=O) groups is 3. The van der Waals surface area contributed by atoms with E-state index in [9.17, 15) is 23.9 Å². The lowest BCUT2D eigenvalue weighted by atomic mass is 10.1. The van der Waals surface area contributed by atoms with Crippen LogP contribution in [0.1, 0.15) is 25.8 Å². The van der Waals surface area contributed by atoms with Crippen LogP contribution in [0.3, 0.4) is 0 Å². The van der Waals surface area contributed by atoms with Gasteiger partial charge in [-0.2, -0.15) is 0 Å². The molecule has 1 aliphatic rings.